The Labute approximate surface area is 171 Å². The number of hydrogen-bond acceptors (Lipinski definition) is 4. The number of likely N-dealkylation sites (tertiary alicyclic amines) is 1. The van der Waals surface area contributed by atoms with Crippen molar-refractivity contribution >= 4 is 23.1 Å². The standard InChI is InChI=1S/C23H29N5O/c1-2-8-22-20(7-1)21(25-28(22)23-9-3-6-18-29-23)11-10-19-12-13-24-27(19)17-16-26-14-4-5-15-26/h1-2,7-8,10-13,23H,3-6,9,14-18H2/b11-10+. The third kappa shape index (κ3) is 4.00. The van der Waals surface area contributed by atoms with Gasteiger partial charge in [-0.25, -0.2) is 4.68 Å². The molecule has 2 fully saturated rings. The summed E-state index contributed by atoms with van der Waals surface area (Å²) >= 11 is 0. The lowest BCUT2D eigenvalue weighted by molar-refractivity contribution is -0.0367. The van der Waals surface area contributed by atoms with Crippen LogP contribution in [0, 0.1) is 0 Å². The number of hydrogen-bond donors (Lipinski definition) is 0. The highest BCUT2D eigenvalue weighted by Gasteiger charge is 2.20. The van der Waals surface area contributed by atoms with E-state index in [-0.39, 0.29) is 6.23 Å². The van der Waals surface area contributed by atoms with Gasteiger partial charge in [0.1, 0.15) is 0 Å². The summed E-state index contributed by atoms with van der Waals surface area (Å²) < 4.78 is 10.2. The van der Waals surface area contributed by atoms with Crippen molar-refractivity contribution < 1.29 is 4.74 Å². The molecule has 3 aromatic rings. The minimum Gasteiger partial charge on any atom is -0.356 e. The summed E-state index contributed by atoms with van der Waals surface area (Å²) in [7, 11) is 0. The van der Waals surface area contributed by atoms with Gasteiger partial charge in [0.15, 0.2) is 6.23 Å². The summed E-state index contributed by atoms with van der Waals surface area (Å²) in [6, 6.07) is 10.5. The normalized spacial score (nSPS) is 20.9. The second kappa shape index (κ2) is 8.51. The average Bonchev–Trinajstić information content (AvgIpc) is 3.51. The van der Waals surface area contributed by atoms with E-state index in [1.54, 1.807) is 0 Å². The van der Waals surface area contributed by atoms with Gasteiger partial charge in [-0.05, 0) is 69.5 Å². The first kappa shape index (κ1) is 18.6. The molecule has 0 bridgehead atoms. The molecule has 1 aromatic carbocycles. The zero-order valence-corrected chi connectivity index (χ0v) is 16.9. The number of para-hydroxylation sites is 1. The van der Waals surface area contributed by atoms with Crippen LogP contribution in [0.15, 0.2) is 36.5 Å². The molecule has 0 amide bonds. The van der Waals surface area contributed by atoms with Gasteiger partial charge >= 0.3 is 0 Å². The molecule has 1 atom stereocenters. The molecule has 2 aliphatic heterocycles. The van der Waals surface area contributed by atoms with Crippen LogP contribution in [0.4, 0.5) is 0 Å². The highest BCUT2D eigenvalue weighted by atomic mass is 16.5. The van der Waals surface area contributed by atoms with Gasteiger partial charge in [0.05, 0.1) is 23.4 Å². The highest BCUT2D eigenvalue weighted by Crippen LogP contribution is 2.28. The number of fused-ring (bicyclic) bond motifs is 1. The van der Waals surface area contributed by atoms with Gasteiger partial charge in [-0.1, -0.05) is 18.2 Å². The van der Waals surface area contributed by atoms with Crippen molar-refractivity contribution in [1.82, 2.24) is 24.5 Å². The van der Waals surface area contributed by atoms with E-state index in [9.17, 15) is 0 Å². The van der Waals surface area contributed by atoms with Crippen LogP contribution in [0.25, 0.3) is 23.1 Å². The number of nitrogens with zero attached hydrogens (tertiary/aromatic N) is 5. The molecule has 152 valence electrons. The molecule has 4 heterocycles. The Hall–Kier alpha value is -2.44. The SMILES string of the molecule is C(=C\c1ccnn1CCN1CCCC1)/c1nn(C2CCCCO2)c2ccccc12. The first-order valence-corrected chi connectivity index (χ1v) is 10.9. The Balaban J connectivity index is 1.38. The Kier molecular flexibility index (Phi) is 5.45. The summed E-state index contributed by atoms with van der Waals surface area (Å²) in [6.07, 6.45) is 12.2. The molecule has 6 nitrogen and oxygen atoms in total. The fraction of sp³-hybridized carbons (Fsp3) is 0.478. The van der Waals surface area contributed by atoms with Crippen LogP contribution < -0.4 is 0 Å². The maximum atomic E-state index is 5.99. The van der Waals surface area contributed by atoms with E-state index in [1.807, 2.05) is 6.20 Å². The summed E-state index contributed by atoms with van der Waals surface area (Å²) in [5, 5.41) is 10.6. The molecular formula is C23H29N5O. The molecule has 1 unspecified atom stereocenters. The van der Waals surface area contributed by atoms with Crippen molar-refractivity contribution in [3.63, 3.8) is 0 Å². The molecule has 0 spiro atoms. The van der Waals surface area contributed by atoms with Crippen molar-refractivity contribution in [1.29, 1.82) is 0 Å². The van der Waals surface area contributed by atoms with Crippen LogP contribution in [0.3, 0.4) is 0 Å². The van der Waals surface area contributed by atoms with Gasteiger partial charge in [-0.2, -0.15) is 10.2 Å². The number of ether oxygens (including phenoxy) is 1. The number of benzene rings is 1. The van der Waals surface area contributed by atoms with E-state index < -0.39 is 0 Å². The molecule has 0 aliphatic carbocycles. The van der Waals surface area contributed by atoms with Crippen molar-refractivity contribution in [3.05, 3.63) is 47.9 Å². The third-order valence-electron chi connectivity index (χ3n) is 6.06. The lowest BCUT2D eigenvalue weighted by Crippen LogP contribution is -2.24. The predicted molar refractivity (Wildman–Crippen MR) is 115 cm³/mol. The Morgan fingerprint density at radius 3 is 2.76 bits per heavy atom. The fourth-order valence-corrected chi connectivity index (χ4v) is 4.45. The van der Waals surface area contributed by atoms with Crippen molar-refractivity contribution in [2.75, 3.05) is 26.2 Å². The van der Waals surface area contributed by atoms with E-state index in [4.69, 9.17) is 9.84 Å². The van der Waals surface area contributed by atoms with Gasteiger partial charge in [0, 0.05) is 24.7 Å². The van der Waals surface area contributed by atoms with Crippen molar-refractivity contribution in [3.8, 4) is 0 Å². The van der Waals surface area contributed by atoms with E-state index in [0.717, 1.165) is 49.4 Å². The number of aromatic nitrogens is 4. The molecule has 6 heteroatoms. The maximum absolute atomic E-state index is 5.99. The van der Waals surface area contributed by atoms with Crippen molar-refractivity contribution in [2.45, 2.75) is 44.9 Å². The first-order chi connectivity index (χ1) is 14.4. The van der Waals surface area contributed by atoms with Gasteiger partial charge in [-0.3, -0.25) is 4.68 Å². The minimum atomic E-state index is 0.0433. The van der Waals surface area contributed by atoms with Gasteiger partial charge < -0.3 is 9.64 Å². The Bertz CT molecular complexity index is 976. The van der Waals surface area contributed by atoms with Crippen LogP contribution in [0.1, 0.15) is 49.7 Å². The smallest absolute Gasteiger partial charge is 0.150 e. The molecule has 0 radical (unpaired) electrons. The molecular weight excluding hydrogens is 362 g/mol. The fourth-order valence-electron chi connectivity index (χ4n) is 4.45. The topological polar surface area (TPSA) is 48.1 Å². The molecule has 2 saturated heterocycles. The van der Waals surface area contributed by atoms with E-state index in [2.05, 4.69) is 61.8 Å². The molecule has 0 N–H and O–H groups in total. The highest BCUT2D eigenvalue weighted by molar-refractivity contribution is 5.89. The lowest BCUT2D eigenvalue weighted by atomic mass is 10.1. The van der Waals surface area contributed by atoms with Crippen molar-refractivity contribution in [2.24, 2.45) is 0 Å². The maximum Gasteiger partial charge on any atom is 0.150 e. The summed E-state index contributed by atoms with van der Waals surface area (Å²) in [5.41, 5.74) is 3.25. The van der Waals surface area contributed by atoms with Crippen LogP contribution in [-0.2, 0) is 11.3 Å². The molecule has 0 saturated carbocycles. The molecule has 5 rings (SSSR count). The zero-order valence-electron chi connectivity index (χ0n) is 16.9. The average molecular weight is 392 g/mol. The second-order valence-electron chi connectivity index (χ2n) is 8.03. The van der Waals surface area contributed by atoms with Gasteiger partial charge in [0.2, 0.25) is 0 Å². The zero-order chi connectivity index (χ0) is 19.5. The van der Waals surface area contributed by atoms with Gasteiger partial charge in [0.25, 0.3) is 0 Å². The Morgan fingerprint density at radius 2 is 1.90 bits per heavy atom. The lowest BCUT2D eigenvalue weighted by Gasteiger charge is -2.23. The second-order valence-corrected chi connectivity index (χ2v) is 8.03. The largest absolute Gasteiger partial charge is 0.356 e. The number of rotatable bonds is 6. The monoisotopic (exact) mass is 391 g/mol. The predicted octanol–water partition coefficient (Wildman–Crippen LogP) is 4.20. The van der Waals surface area contributed by atoms with Crippen LogP contribution >= 0.6 is 0 Å². The summed E-state index contributed by atoms with van der Waals surface area (Å²) in [4.78, 5) is 2.52. The molecule has 2 aliphatic rings. The van der Waals surface area contributed by atoms with Crippen LogP contribution in [0.5, 0.6) is 0 Å². The third-order valence-corrected chi connectivity index (χ3v) is 6.06. The summed E-state index contributed by atoms with van der Waals surface area (Å²) in [5.74, 6) is 0. The van der Waals surface area contributed by atoms with Gasteiger partial charge in [-0.15, -0.1) is 0 Å². The van der Waals surface area contributed by atoms with Crippen LogP contribution in [-0.4, -0.2) is 50.7 Å². The quantitative estimate of drug-likeness (QED) is 0.632. The Morgan fingerprint density at radius 1 is 1.00 bits per heavy atom. The summed E-state index contributed by atoms with van der Waals surface area (Å²) in [6.45, 7) is 5.26. The van der Waals surface area contributed by atoms with E-state index in [1.165, 1.54) is 37.7 Å². The van der Waals surface area contributed by atoms with E-state index in [0.29, 0.717) is 0 Å². The first-order valence-electron chi connectivity index (χ1n) is 10.9. The molecule has 29 heavy (non-hydrogen) atoms. The van der Waals surface area contributed by atoms with Crippen LogP contribution in [0.2, 0.25) is 0 Å². The van der Waals surface area contributed by atoms with E-state index >= 15 is 0 Å². The molecule has 2 aromatic heterocycles. The minimum absolute atomic E-state index is 0.0433.